The topological polar surface area (TPSA) is 63.5 Å². The van der Waals surface area contributed by atoms with Gasteiger partial charge in [-0.25, -0.2) is 9.67 Å². The lowest BCUT2D eigenvalue weighted by Crippen LogP contribution is -2.47. The third-order valence-corrected chi connectivity index (χ3v) is 7.16. The van der Waals surface area contributed by atoms with E-state index in [2.05, 4.69) is 14.9 Å². The van der Waals surface area contributed by atoms with E-state index in [9.17, 15) is 4.79 Å². The first-order valence-electron chi connectivity index (χ1n) is 10.4. The van der Waals surface area contributed by atoms with Crippen LogP contribution in [0.2, 0.25) is 0 Å². The Balaban J connectivity index is 1.17. The molecule has 0 aromatic carbocycles. The quantitative estimate of drug-likeness (QED) is 0.773. The zero-order valence-corrected chi connectivity index (χ0v) is 17.0. The van der Waals surface area contributed by atoms with E-state index in [1.807, 2.05) is 6.07 Å². The fourth-order valence-electron chi connectivity index (χ4n) is 4.31. The summed E-state index contributed by atoms with van der Waals surface area (Å²) in [4.78, 5) is 23.3. The highest BCUT2D eigenvalue weighted by Crippen LogP contribution is 2.30. The number of thiazole rings is 1. The third kappa shape index (κ3) is 3.73. The molecule has 8 heteroatoms. The van der Waals surface area contributed by atoms with Crippen molar-refractivity contribution < 1.29 is 4.74 Å². The van der Waals surface area contributed by atoms with Gasteiger partial charge in [0.2, 0.25) is 0 Å². The number of rotatable bonds is 4. The summed E-state index contributed by atoms with van der Waals surface area (Å²) in [5, 5.41) is 5.79. The number of fused-ring (bicyclic) bond motifs is 2. The van der Waals surface area contributed by atoms with Crippen LogP contribution in [0.1, 0.15) is 34.7 Å². The van der Waals surface area contributed by atoms with Crippen LogP contribution in [0.4, 0.5) is 5.13 Å². The molecule has 150 valence electrons. The lowest BCUT2D eigenvalue weighted by atomic mass is 9.97. The van der Waals surface area contributed by atoms with Crippen LogP contribution < -0.4 is 10.5 Å². The lowest BCUT2D eigenvalue weighted by Gasteiger charge is -2.34. The molecule has 0 atom stereocenters. The Morgan fingerprint density at radius 1 is 1.04 bits per heavy atom. The smallest absolute Gasteiger partial charge is 0.267 e. The molecule has 1 aliphatic carbocycles. The lowest BCUT2D eigenvalue weighted by molar-refractivity contribution is 0.112. The normalized spacial score (nSPS) is 20.1. The second-order valence-corrected chi connectivity index (χ2v) is 8.94. The largest absolute Gasteiger partial charge is 0.375 e. The SMILES string of the molecule is O=c1cc2c(nn1CCN1CCN(c3nc4c(s3)COCC4)CC1)CCCC2. The van der Waals surface area contributed by atoms with Crippen molar-refractivity contribution in [2.75, 3.05) is 44.2 Å². The maximum absolute atomic E-state index is 12.4. The van der Waals surface area contributed by atoms with Crippen molar-refractivity contribution in [2.45, 2.75) is 45.3 Å². The van der Waals surface area contributed by atoms with Gasteiger partial charge in [0.25, 0.3) is 5.56 Å². The van der Waals surface area contributed by atoms with Crippen LogP contribution in [-0.4, -0.2) is 59.0 Å². The molecule has 4 heterocycles. The van der Waals surface area contributed by atoms with Gasteiger partial charge in [-0.1, -0.05) is 11.3 Å². The summed E-state index contributed by atoms with van der Waals surface area (Å²) in [6, 6.07) is 1.81. The fraction of sp³-hybridized carbons (Fsp3) is 0.650. The molecule has 0 radical (unpaired) electrons. The number of ether oxygens (including phenoxy) is 1. The summed E-state index contributed by atoms with van der Waals surface area (Å²) >= 11 is 1.78. The molecule has 2 aliphatic heterocycles. The minimum atomic E-state index is 0.0508. The number of hydrogen-bond donors (Lipinski definition) is 0. The summed E-state index contributed by atoms with van der Waals surface area (Å²) in [5.74, 6) is 0. The van der Waals surface area contributed by atoms with E-state index in [-0.39, 0.29) is 5.56 Å². The number of anilines is 1. The van der Waals surface area contributed by atoms with E-state index in [1.54, 1.807) is 16.0 Å². The Hall–Kier alpha value is -1.77. The van der Waals surface area contributed by atoms with Gasteiger partial charge in [0.05, 0.1) is 36.0 Å². The fourth-order valence-corrected chi connectivity index (χ4v) is 5.40. The van der Waals surface area contributed by atoms with Crippen LogP contribution in [0.3, 0.4) is 0 Å². The number of aromatic nitrogens is 3. The maximum atomic E-state index is 12.4. The summed E-state index contributed by atoms with van der Waals surface area (Å²) < 4.78 is 7.21. The van der Waals surface area contributed by atoms with Crippen LogP contribution in [0.5, 0.6) is 0 Å². The molecule has 3 aliphatic rings. The van der Waals surface area contributed by atoms with E-state index < -0.39 is 0 Å². The highest BCUT2D eigenvalue weighted by Gasteiger charge is 2.23. The molecule has 28 heavy (non-hydrogen) atoms. The van der Waals surface area contributed by atoms with Gasteiger partial charge in [-0.2, -0.15) is 5.10 Å². The average Bonchev–Trinajstić information content (AvgIpc) is 3.17. The van der Waals surface area contributed by atoms with Crippen LogP contribution in [0, 0.1) is 0 Å². The first kappa shape index (κ1) is 18.3. The molecular weight excluding hydrogens is 374 g/mol. The molecular formula is C20H27N5O2S. The van der Waals surface area contributed by atoms with Gasteiger partial charge in [0, 0.05) is 45.2 Å². The number of aryl methyl sites for hydroxylation is 2. The van der Waals surface area contributed by atoms with E-state index >= 15 is 0 Å². The first-order valence-corrected chi connectivity index (χ1v) is 11.2. The van der Waals surface area contributed by atoms with E-state index in [0.29, 0.717) is 6.54 Å². The number of piperazine rings is 1. The van der Waals surface area contributed by atoms with Crippen molar-refractivity contribution in [3.05, 3.63) is 38.2 Å². The predicted octanol–water partition coefficient (Wildman–Crippen LogP) is 1.47. The van der Waals surface area contributed by atoms with Crippen molar-refractivity contribution in [3.63, 3.8) is 0 Å². The Kier molecular flexibility index (Phi) is 5.17. The van der Waals surface area contributed by atoms with Crippen LogP contribution >= 0.6 is 11.3 Å². The summed E-state index contributed by atoms with van der Waals surface area (Å²) in [7, 11) is 0. The minimum Gasteiger partial charge on any atom is -0.375 e. The standard InChI is InChI=1S/C20H27N5O2S/c26-19-13-15-3-1-2-4-16(15)22-25(19)11-8-23-6-9-24(10-7-23)20-21-17-5-12-27-14-18(17)28-20/h13H,1-12,14H2. The van der Waals surface area contributed by atoms with E-state index in [1.165, 1.54) is 23.4 Å². The molecule has 2 aromatic rings. The number of nitrogens with zero attached hydrogens (tertiary/aromatic N) is 5. The second-order valence-electron chi connectivity index (χ2n) is 7.88. The molecule has 2 aromatic heterocycles. The molecule has 1 fully saturated rings. The van der Waals surface area contributed by atoms with Gasteiger partial charge < -0.3 is 9.64 Å². The third-order valence-electron chi connectivity index (χ3n) is 6.03. The summed E-state index contributed by atoms with van der Waals surface area (Å²) in [6.07, 6.45) is 5.32. The Morgan fingerprint density at radius 3 is 2.75 bits per heavy atom. The highest BCUT2D eigenvalue weighted by atomic mass is 32.1. The molecule has 0 spiro atoms. The van der Waals surface area contributed by atoms with Crippen LogP contribution in [0.25, 0.3) is 0 Å². The van der Waals surface area contributed by atoms with Gasteiger partial charge in [-0.15, -0.1) is 0 Å². The summed E-state index contributed by atoms with van der Waals surface area (Å²) in [5.41, 5.74) is 3.58. The molecule has 0 unspecified atom stereocenters. The first-order chi connectivity index (χ1) is 13.8. The zero-order valence-electron chi connectivity index (χ0n) is 16.2. The van der Waals surface area contributed by atoms with Crippen molar-refractivity contribution in [1.29, 1.82) is 0 Å². The molecule has 5 rings (SSSR count). The second kappa shape index (κ2) is 7.93. The average molecular weight is 402 g/mol. The minimum absolute atomic E-state index is 0.0508. The van der Waals surface area contributed by atoms with Crippen molar-refractivity contribution in [2.24, 2.45) is 0 Å². The Bertz CT molecular complexity index is 877. The molecule has 1 saturated heterocycles. The monoisotopic (exact) mass is 401 g/mol. The van der Waals surface area contributed by atoms with Crippen molar-refractivity contribution in [3.8, 4) is 0 Å². The van der Waals surface area contributed by atoms with Gasteiger partial charge in [-0.05, 0) is 31.2 Å². The van der Waals surface area contributed by atoms with E-state index in [0.717, 1.165) is 81.6 Å². The van der Waals surface area contributed by atoms with Gasteiger partial charge in [0.15, 0.2) is 5.13 Å². The Morgan fingerprint density at radius 2 is 1.89 bits per heavy atom. The molecule has 0 amide bonds. The Labute approximate surface area is 168 Å². The molecule has 0 saturated carbocycles. The predicted molar refractivity (Wildman–Crippen MR) is 109 cm³/mol. The van der Waals surface area contributed by atoms with Gasteiger partial charge >= 0.3 is 0 Å². The van der Waals surface area contributed by atoms with Crippen molar-refractivity contribution in [1.82, 2.24) is 19.7 Å². The van der Waals surface area contributed by atoms with Crippen molar-refractivity contribution >= 4 is 16.5 Å². The molecule has 0 bridgehead atoms. The van der Waals surface area contributed by atoms with E-state index in [4.69, 9.17) is 9.72 Å². The molecule has 0 N–H and O–H groups in total. The summed E-state index contributed by atoms with van der Waals surface area (Å²) in [6.45, 7) is 7.03. The number of hydrogen-bond acceptors (Lipinski definition) is 7. The highest BCUT2D eigenvalue weighted by molar-refractivity contribution is 7.15. The van der Waals surface area contributed by atoms with Crippen LogP contribution in [-0.2, 0) is 37.2 Å². The van der Waals surface area contributed by atoms with Gasteiger partial charge in [0.1, 0.15) is 0 Å². The maximum Gasteiger partial charge on any atom is 0.267 e. The molecule has 7 nitrogen and oxygen atoms in total. The van der Waals surface area contributed by atoms with Crippen LogP contribution in [0.15, 0.2) is 10.9 Å². The van der Waals surface area contributed by atoms with Gasteiger partial charge in [-0.3, -0.25) is 9.69 Å². The zero-order chi connectivity index (χ0) is 18.9.